The number of rotatable bonds is 5. The summed E-state index contributed by atoms with van der Waals surface area (Å²) in [7, 11) is 6.33. The Hall–Kier alpha value is -1.26. The van der Waals surface area contributed by atoms with Gasteiger partial charge in [0, 0.05) is 14.2 Å². The van der Waals surface area contributed by atoms with Crippen LogP contribution in [0.15, 0.2) is 18.2 Å². The van der Waals surface area contributed by atoms with Gasteiger partial charge in [-0.15, -0.1) is 0 Å². The van der Waals surface area contributed by atoms with Crippen LogP contribution in [-0.2, 0) is 9.47 Å². The Kier molecular flexibility index (Phi) is 4.39. The summed E-state index contributed by atoms with van der Waals surface area (Å²) < 4.78 is 20.8. The van der Waals surface area contributed by atoms with Crippen molar-refractivity contribution in [2.75, 3.05) is 28.4 Å². The van der Waals surface area contributed by atoms with Gasteiger partial charge in [-0.3, -0.25) is 0 Å². The molecule has 0 heterocycles. The molecule has 4 heteroatoms. The zero-order chi connectivity index (χ0) is 11.3. The number of hydrogen-bond acceptors (Lipinski definition) is 4. The van der Waals surface area contributed by atoms with Crippen molar-refractivity contribution in [3.63, 3.8) is 0 Å². The molecule has 0 bridgehead atoms. The van der Waals surface area contributed by atoms with E-state index in [1.54, 1.807) is 28.4 Å². The highest BCUT2D eigenvalue weighted by atomic mass is 16.7. The van der Waals surface area contributed by atoms with Crippen LogP contribution in [0.1, 0.15) is 11.9 Å². The van der Waals surface area contributed by atoms with Crippen molar-refractivity contribution in [3.05, 3.63) is 23.8 Å². The van der Waals surface area contributed by atoms with Crippen LogP contribution in [0.5, 0.6) is 11.5 Å². The molecular weight excluding hydrogens is 196 g/mol. The smallest absolute Gasteiger partial charge is 0.186 e. The zero-order valence-electron chi connectivity index (χ0n) is 9.44. The second-order valence-electron chi connectivity index (χ2n) is 2.89. The van der Waals surface area contributed by atoms with E-state index in [0.29, 0.717) is 11.5 Å². The Morgan fingerprint density at radius 2 is 1.60 bits per heavy atom. The summed E-state index contributed by atoms with van der Waals surface area (Å²) >= 11 is 0. The third-order valence-corrected chi connectivity index (χ3v) is 2.12. The van der Waals surface area contributed by atoms with Crippen molar-refractivity contribution in [1.29, 1.82) is 0 Å². The van der Waals surface area contributed by atoms with Crippen molar-refractivity contribution >= 4 is 0 Å². The molecule has 4 nitrogen and oxygen atoms in total. The molecule has 0 aliphatic heterocycles. The summed E-state index contributed by atoms with van der Waals surface area (Å²) in [6, 6.07) is 5.56. The van der Waals surface area contributed by atoms with Gasteiger partial charge < -0.3 is 18.9 Å². The minimum Gasteiger partial charge on any atom is -0.493 e. The van der Waals surface area contributed by atoms with Gasteiger partial charge >= 0.3 is 0 Å². The van der Waals surface area contributed by atoms with E-state index in [0.717, 1.165) is 5.56 Å². The quantitative estimate of drug-likeness (QED) is 0.699. The monoisotopic (exact) mass is 212 g/mol. The molecule has 1 rings (SSSR count). The minimum atomic E-state index is -0.449. The fourth-order valence-electron chi connectivity index (χ4n) is 1.45. The molecule has 0 aliphatic carbocycles. The molecule has 0 radical (unpaired) electrons. The topological polar surface area (TPSA) is 36.9 Å². The van der Waals surface area contributed by atoms with E-state index < -0.39 is 6.29 Å². The molecule has 0 saturated carbocycles. The number of para-hydroxylation sites is 1. The van der Waals surface area contributed by atoms with Crippen LogP contribution in [0.2, 0.25) is 0 Å². The Labute approximate surface area is 89.7 Å². The first-order valence-electron chi connectivity index (χ1n) is 4.55. The lowest BCUT2D eigenvalue weighted by Gasteiger charge is -2.18. The summed E-state index contributed by atoms with van der Waals surface area (Å²) in [5.41, 5.74) is 0.807. The summed E-state index contributed by atoms with van der Waals surface area (Å²) in [5, 5.41) is 0. The van der Waals surface area contributed by atoms with Crippen molar-refractivity contribution in [2.24, 2.45) is 0 Å². The predicted octanol–water partition coefficient (Wildman–Crippen LogP) is 2.00. The van der Waals surface area contributed by atoms with Gasteiger partial charge in [0.1, 0.15) is 0 Å². The third kappa shape index (κ3) is 2.40. The fraction of sp³-hybridized carbons (Fsp3) is 0.455. The molecule has 0 spiro atoms. The molecule has 0 N–H and O–H groups in total. The maximum absolute atomic E-state index is 5.27. The molecule has 0 saturated heterocycles. The van der Waals surface area contributed by atoms with Gasteiger partial charge in [0.15, 0.2) is 17.8 Å². The van der Waals surface area contributed by atoms with Gasteiger partial charge in [-0.05, 0) is 12.1 Å². The van der Waals surface area contributed by atoms with Crippen molar-refractivity contribution in [1.82, 2.24) is 0 Å². The summed E-state index contributed by atoms with van der Waals surface area (Å²) in [4.78, 5) is 0. The average Bonchev–Trinajstić information content (AvgIpc) is 2.30. The number of methoxy groups -OCH3 is 4. The Morgan fingerprint density at radius 1 is 0.933 bits per heavy atom. The summed E-state index contributed by atoms with van der Waals surface area (Å²) in [6.07, 6.45) is -0.449. The van der Waals surface area contributed by atoms with E-state index in [4.69, 9.17) is 18.9 Å². The number of benzene rings is 1. The first-order chi connectivity index (χ1) is 7.28. The lowest BCUT2D eigenvalue weighted by Crippen LogP contribution is -2.06. The SMILES string of the molecule is COc1cccc(C(OC)OC)c1OC. The predicted molar refractivity (Wildman–Crippen MR) is 56.3 cm³/mol. The molecule has 0 unspecified atom stereocenters. The normalized spacial score (nSPS) is 10.5. The van der Waals surface area contributed by atoms with E-state index in [1.165, 1.54) is 0 Å². The molecule has 0 aromatic heterocycles. The first kappa shape index (κ1) is 11.8. The molecule has 0 amide bonds. The van der Waals surface area contributed by atoms with E-state index in [9.17, 15) is 0 Å². The molecule has 84 valence electrons. The Morgan fingerprint density at radius 3 is 2.07 bits per heavy atom. The third-order valence-electron chi connectivity index (χ3n) is 2.12. The second kappa shape index (κ2) is 5.58. The lowest BCUT2D eigenvalue weighted by atomic mass is 10.1. The van der Waals surface area contributed by atoms with E-state index >= 15 is 0 Å². The second-order valence-corrected chi connectivity index (χ2v) is 2.89. The van der Waals surface area contributed by atoms with Crippen LogP contribution in [0.4, 0.5) is 0 Å². The molecular formula is C11H16O4. The van der Waals surface area contributed by atoms with Crippen molar-refractivity contribution in [2.45, 2.75) is 6.29 Å². The highest BCUT2D eigenvalue weighted by Crippen LogP contribution is 2.35. The molecule has 0 atom stereocenters. The summed E-state index contributed by atoms with van der Waals surface area (Å²) in [6.45, 7) is 0. The largest absolute Gasteiger partial charge is 0.493 e. The van der Waals surface area contributed by atoms with Gasteiger partial charge in [0.2, 0.25) is 0 Å². The van der Waals surface area contributed by atoms with E-state index in [2.05, 4.69) is 0 Å². The maximum atomic E-state index is 5.27. The van der Waals surface area contributed by atoms with E-state index in [1.807, 2.05) is 18.2 Å². The lowest BCUT2D eigenvalue weighted by molar-refractivity contribution is -0.107. The van der Waals surface area contributed by atoms with Crippen LogP contribution in [0.25, 0.3) is 0 Å². The van der Waals surface area contributed by atoms with Gasteiger partial charge in [-0.25, -0.2) is 0 Å². The van der Waals surface area contributed by atoms with Crippen LogP contribution >= 0.6 is 0 Å². The maximum Gasteiger partial charge on any atom is 0.186 e. The van der Waals surface area contributed by atoms with Crippen LogP contribution in [0, 0.1) is 0 Å². The molecule has 0 fully saturated rings. The highest BCUT2D eigenvalue weighted by molar-refractivity contribution is 5.47. The Balaban J connectivity index is 3.15. The zero-order valence-corrected chi connectivity index (χ0v) is 9.44. The van der Waals surface area contributed by atoms with Crippen molar-refractivity contribution < 1.29 is 18.9 Å². The molecule has 15 heavy (non-hydrogen) atoms. The number of ether oxygens (including phenoxy) is 4. The first-order valence-corrected chi connectivity index (χ1v) is 4.55. The molecule has 1 aromatic carbocycles. The van der Waals surface area contributed by atoms with Crippen LogP contribution < -0.4 is 9.47 Å². The molecule has 0 aliphatic rings. The Bertz CT molecular complexity index is 307. The van der Waals surface area contributed by atoms with Gasteiger partial charge in [-0.2, -0.15) is 0 Å². The van der Waals surface area contributed by atoms with E-state index in [-0.39, 0.29) is 0 Å². The highest BCUT2D eigenvalue weighted by Gasteiger charge is 2.17. The fourth-order valence-corrected chi connectivity index (χ4v) is 1.45. The van der Waals surface area contributed by atoms with Gasteiger partial charge in [-0.1, -0.05) is 6.07 Å². The minimum absolute atomic E-state index is 0.449. The van der Waals surface area contributed by atoms with Gasteiger partial charge in [0.05, 0.1) is 19.8 Å². The standard InChI is InChI=1S/C11H16O4/c1-12-9-7-5-6-8(10(9)13-2)11(14-3)15-4/h5-7,11H,1-4H3. The van der Waals surface area contributed by atoms with Crippen molar-refractivity contribution in [3.8, 4) is 11.5 Å². The van der Waals surface area contributed by atoms with Crippen LogP contribution in [0.3, 0.4) is 0 Å². The van der Waals surface area contributed by atoms with Gasteiger partial charge in [0.25, 0.3) is 0 Å². The molecule has 1 aromatic rings. The summed E-state index contributed by atoms with van der Waals surface area (Å²) in [5.74, 6) is 1.29. The van der Waals surface area contributed by atoms with Crippen LogP contribution in [-0.4, -0.2) is 28.4 Å². The number of hydrogen-bond donors (Lipinski definition) is 0. The average molecular weight is 212 g/mol.